The van der Waals surface area contributed by atoms with Crippen molar-refractivity contribution in [2.24, 2.45) is 51.8 Å². The second-order valence-corrected chi connectivity index (χ2v) is 12.6. The standard InChI is InChI=1S/C27H44O2/c1-16(2)13-23(28)17(3)20-7-8-21-19-14-24(29-6)27-15-18(27)9-12-26(27,5)22(19)10-11-25(20,21)4/h13,17-24,28H,7-12,14-15H2,1-6H3/t17-,18+,19-,20?,21-,22-,23-,24+,25+,26+,27-/m0/s1. The zero-order valence-electron chi connectivity index (χ0n) is 19.7. The Balaban J connectivity index is 1.43. The predicted molar refractivity (Wildman–Crippen MR) is 118 cm³/mol. The van der Waals surface area contributed by atoms with Crippen molar-refractivity contribution in [3.63, 3.8) is 0 Å². The highest BCUT2D eigenvalue weighted by Gasteiger charge is 2.77. The van der Waals surface area contributed by atoms with Crippen LogP contribution in [0.25, 0.3) is 0 Å². The predicted octanol–water partition coefficient (Wildman–Crippen LogP) is 6.23. The van der Waals surface area contributed by atoms with Gasteiger partial charge in [0.1, 0.15) is 0 Å². The van der Waals surface area contributed by atoms with Crippen LogP contribution in [-0.4, -0.2) is 24.4 Å². The molecule has 11 atom stereocenters. The number of rotatable bonds is 4. The summed E-state index contributed by atoms with van der Waals surface area (Å²) >= 11 is 0. The Labute approximate surface area is 178 Å². The number of aliphatic hydroxyl groups excluding tert-OH is 1. The van der Waals surface area contributed by atoms with Gasteiger partial charge in [-0.15, -0.1) is 0 Å². The summed E-state index contributed by atoms with van der Waals surface area (Å²) < 4.78 is 6.25. The van der Waals surface area contributed by atoms with Gasteiger partial charge in [0.2, 0.25) is 0 Å². The van der Waals surface area contributed by atoms with Crippen molar-refractivity contribution in [2.75, 3.05) is 7.11 Å². The molecule has 1 unspecified atom stereocenters. The Hall–Kier alpha value is -0.340. The minimum absolute atomic E-state index is 0.292. The van der Waals surface area contributed by atoms with E-state index in [1.54, 1.807) is 0 Å². The van der Waals surface area contributed by atoms with Crippen molar-refractivity contribution in [1.29, 1.82) is 0 Å². The second-order valence-electron chi connectivity index (χ2n) is 12.6. The number of methoxy groups -OCH3 is 1. The van der Waals surface area contributed by atoms with Crippen molar-refractivity contribution in [3.05, 3.63) is 11.6 Å². The normalized spacial score (nSPS) is 54.6. The molecule has 0 aliphatic heterocycles. The van der Waals surface area contributed by atoms with Gasteiger partial charge < -0.3 is 9.84 Å². The molecule has 1 N–H and O–H groups in total. The Bertz CT molecular complexity index is 695. The molecule has 0 aromatic heterocycles. The maximum atomic E-state index is 10.9. The monoisotopic (exact) mass is 400 g/mol. The number of fused-ring (bicyclic) bond motifs is 4. The van der Waals surface area contributed by atoms with Gasteiger partial charge >= 0.3 is 0 Å². The molecule has 0 bridgehead atoms. The first-order valence-corrected chi connectivity index (χ1v) is 12.5. The van der Waals surface area contributed by atoms with E-state index in [0.29, 0.717) is 34.2 Å². The first-order valence-electron chi connectivity index (χ1n) is 12.5. The third kappa shape index (κ3) is 2.54. The Morgan fingerprint density at radius 3 is 2.48 bits per heavy atom. The number of hydrogen-bond acceptors (Lipinski definition) is 2. The highest BCUT2D eigenvalue weighted by atomic mass is 16.5. The van der Waals surface area contributed by atoms with E-state index in [0.717, 1.165) is 23.7 Å². The van der Waals surface area contributed by atoms with Crippen molar-refractivity contribution in [1.82, 2.24) is 0 Å². The van der Waals surface area contributed by atoms with Gasteiger partial charge in [0.25, 0.3) is 0 Å². The maximum absolute atomic E-state index is 10.9. The summed E-state index contributed by atoms with van der Waals surface area (Å²) in [6, 6.07) is 0. The number of allylic oxidation sites excluding steroid dienone is 1. The molecule has 2 nitrogen and oxygen atoms in total. The van der Waals surface area contributed by atoms with Crippen molar-refractivity contribution in [3.8, 4) is 0 Å². The van der Waals surface area contributed by atoms with Gasteiger partial charge in [-0.25, -0.2) is 0 Å². The van der Waals surface area contributed by atoms with Crippen LogP contribution >= 0.6 is 0 Å². The average molecular weight is 401 g/mol. The molecule has 5 aliphatic rings. The SMILES string of the molecule is CO[C@@H]1C[C@H]2[C@@H]3CCC([C@H](C)[C@@H](O)C=C(C)C)[C@@]3(C)CC[C@@H]2[C@@]2(C)CC[C@@H]3C[C@]312. The van der Waals surface area contributed by atoms with Gasteiger partial charge in [-0.05, 0) is 112 Å². The van der Waals surface area contributed by atoms with Crippen LogP contribution in [0.2, 0.25) is 0 Å². The molecule has 0 radical (unpaired) electrons. The fourth-order valence-electron chi connectivity index (χ4n) is 10.2. The van der Waals surface area contributed by atoms with Crippen LogP contribution in [0.1, 0.15) is 86.0 Å². The molecule has 0 heterocycles. The van der Waals surface area contributed by atoms with E-state index >= 15 is 0 Å². The fraction of sp³-hybridized carbons (Fsp3) is 0.926. The van der Waals surface area contributed by atoms with Crippen LogP contribution in [0.15, 0.2) is 11.6 Å². The molecule has 0 aromatic carbocycles. The number of aliphatic hydroxyl groups is 1. The van der Waals surface area contributed by atoms with E-state index < -0.39 is 0 Å². The average Bonchev–Trinajstić information content (AvgIpc) is 3.18. The summed E-state index contributed by atoms with van der Waals surface area (Å²) in [5.74, 6) is 4.56. The van der Waals surface area contributed by atoms with E-state index in [2.05, 4.69) is 40.7 Å². The topological polar surface area (TPSA) is 29.5 Å². The van der Waals surface area contributed by atoms with E-state index in [4.69, 9.17) is 4.74 Å². The molecule has 0 aromatic rings. The Kier molecular flexibility index (Phi) is 4.66. The van der Waals surface area contributed by atoms with E-state index in [1.807, 2.05) is 7.11 Å². The number of hydrogen-bond donors (Lipinski definition) is 1. The lowest BCUT2D eigenvalue weighted by Gasteiger charge is -2.61. The smallest absolute Gasteiger partial charge is 0.0751 e. The van der Waals surface area contributed by atoms with E-state index in [1.165, 1.54) is 56.9 Å². The van der Waals surface area contributed by atoms with Gasteiger partial charge in [-0.1, -0.05) is 32.4 Å². The number of ether oxygens (including phenoxy) is 1. The van der Waals surface area contributed by atoms with Crippen molar-refractivity contribution >= 4 is 0 Å². The summed E-state index contributed by atoms with van der Waals surface area (Å²) in [6.07, 6.45) is 13.4. The maximum Gasteiger partial charge on any atom is 0.0751 e. The van der Waals surface area contributed by atoms with Crippen molar-refractivity contribution in [2.45, 2.75) is 98.2 Å². The van der Waals surface area contributed by atoms with Crippen LogP contribution in [-0.2, 0) is 4.74 Å². The van der Waals surface area contributed by atoms with E-state index in [-0.39, 0.29) is 6.10 Å². The quantitative estimate of drug-likeness (QED) is 0.567. The largest absolute Gasteiger partial charge is 0.389 e. The van der Waals surface area contributed by atoms with Crippen LogP contribution in [0.4, 0.5) is 0 Å². The minimum Gasteiger partial charge on any atom is -0.389 e. The van der Waals surface area contributed by atoms with E-state index in [9.17, 15) is 5.11 Å². The fourth-order valence-corrected chi connectivity index (χ4v) is 10.2. The molecular formula is C27H44O2. The highest BCUT2D eigenvalue weighted by Crippen LogP contribution is 2.82. The zero-order chi connectivity index (χ0) is 20.8. The zero-order valence-corrected chi connectivity index (χ0v) is 19.7. The summed E-state index contributed by atoms with van der Waals surface area (Å²) in [5.41, 5.74) is 2.69. The van der Waals surface area contributed by atoms with Gasteiger partial charge in [-0.3, -0.25) is 0 Å². The molecule has 5 aliphatic carbocycles. The molecule has 5 saturated carbocycles. The molecule has 0 saturated heterocycles. The van der Waals surface area contributed by atoms with Gasteiger partial charge in [0.05, 0.1) is 12.2 Å². The third-order valence-corrected chi connectivity index (χ3v) is 11.6. The first-order chi connectivity index (χ1) is 13.7. The minimum atomic E-state index is -0.292. The Morgan fingerprint density at radius 1 is 1.07 bits per heavy atom. The van der Waals surface area contributed by atoms with Crippen LogP contribution in [0, 0.1) is 51.8 Å². The molecule has 29 heavy (non-hydrogen) atoms. The second kappa shape index (κ2) is 6.58. The molecule has 0 amide bonds. The van der Waals surface area contributed by atoms with Crippen LogP contribution < -0.4 is 0 Å². The van der Waals surface area contributed by atoms with Crippen LogP contribution in [0.3, 0.4) is 0 Å². The lowest BCUT2D eigenvalue weighted by molar-refractivity contribution is -0.162. The molecule has 1 spiro atoms. The van der Waals surface area contributed by atoms with Crippen LogP contribution in [0.5, 0.6) is 0 Å². The summed E-state index contributed by atoms with van der Waals surface area (Å²) in [7, 11) is 1.99. The lowest BCUT2D eigenvalue weighted by atomic mass is 9.45. The molecule has 5 fully saturated rings. The summed E-state index contributed by atoms with van der Waals surface area (Å²) in [6.45, 7) is 11.8. The highest BCUT2D eigenvalue weighted by molar-refractivity contribution is 5.26. The summed E-state index contributed by atoms with van der Waals surface area (Å²) in [5, 5.41) is 10.9. The molecular weight excluding hydrogens is 356 g/mol. The van der Waals surface area contributed by atoms with Gasteiger partial charge in [-0.2, -0.15) is 0 Å². The van der Waals surface area contributed by atoms with Gasteiger partial charge in [0, 0.05) is 12.5 Å². The van der Waals surface area contributed by atoms with Crippen molar-refractivity contribution < 1.29 is 9.84 Å². The summed E-state index contributed by atoms with van der Waals surface area (Å²) in [4.78, 5) is 0. The molecule has 5 rings (SSSR count). The lowest BCUT2D eigenvalue weighted by Crippen LogP contribution is -2.57. The first kappa shape index (κ1) is 20.6. The Morgan fingerprint density at radius 2 is 1.83 bits per heavy atom. The molecule has 164 valence electrons. The molecule has 2 heteroatoms. The van der Waals surface area contributed by atoms with Gasteiger partial charge in [0.15, 0.2) is 0 Å². The third-order valence-electron chi connectivity index (χ3n) is 11.6.